The maximum Gasteiger partial charge on any atom is 0.239 e. The highest BCUT2D eigenvalue weighted by Crippen LogP contribution is 2.32. The molecule has 2 N–H and O–H groups in total. The van der Waals surface area contributed by atoms with Crippen LogP contribution in [0.15, 0.2) is 12.1 Å². The van der Waals surface area contributed by atoms with Gasteiger partial charge in [0.1, 0.15) is 5.82 Å². The second-order valence-electron chi connectivity index (χ2n) is 6.61. The van der Waals surface area contributed by atoms with Gasteiger partial charge in [0.25, 0.3) is 0 Å². The van der Waals surface area contributed by atoms with Crippen molar-refractivity contribution < 1.29 is 4.74 Å². The number of nitrogens with zero attached hydrogens (tertiary/aromatic N) is 2. The van der Waals surface area contributed by atoms with Crippen molar-refractivity contribution in [2.75, 3.05) is 36.1 Å². The van der Waals surface area contributed by atoms with E-state index in [1.807, 2.05) is 23.9 Å². The third-order valence-electron chi connectivity index (χ3n) is 3.59. The molecule has 118 valence electrons. The second-order valence-corrected chi connectivity index (χ2v) is 8.42. The zero-order valence-electron chi connectivity index (χ0n) is 13.6. The van der Waals surface area contributed by atoms with Gasteiger partial charge < -0.3 is 15.4 Å². The summed E-state index contributed by atoms with van der Waals surface area (Å²) in [5.41, 5.74) is 6.58. The van der Waals surface area contributed by atoms with Crippen molar-refractivity contribution in [2.45, 2.75) is 38.9 Å². The van der Waals surface area contributed by atoms with Gasteiger partial charge in [-0.2, -0.15) is 16.7 Å². The highest BCUT2D eigenvalue weighted by atomic mass is 32.2. The summed E-state index contributed by atoms with van der Waals surface area (Å²) in [4.78, 5) is 6.96. The molecule has 0 aromatic carbocycles. The molecule has 2 heterocycles. The van der Waals surface area contributed by atoms with Crippen LogP contribution in [-0.4, -0.2) is 35.2 Å². The molecule has 1 saturated heterocycles. The molecule has 0 aliphatic carbocycles. The van der Waals surface area contributed by atoms with E-state index in [1.54, 1.807) is 0 Å². The Balaban J connectivity index is 2.10. The minimum absolute atomic E-state index is 0.347. The lowest BCUT2D eigenvalue weighted by Crippen LogP contribution is -2.28. The van der Waals surface area contributed by atoms with E-state index in [0.29, 0.717) is 28.8 Å². The smallest absolute Gasteiger partial charge is 0.239 e. The first-order valence-electron chi connectivity index (χ1n) is 7.65. The van der Waals surface area contributed by atoms with Gasteiger partial charge in [0.05, 0.1) is 12.3 Å². The minimum Gasteiger partial charge on any atom is -0.476 e. The predicted octanol–water partition coefficient (Wildman–Crippen LogP) is 3.42. The van der Waals surface area contributed by atoms with E-state index < -0.39 is 0 Å². The zero-order chi connectivity index (χ0) is 15.5. The summed E-state index contributed by atoms with van der Waals surface area (Å²) >= 11 is 2.04. The lowest BCUT2D eigenvalue weighted by molar-refractivity contribution is 0.263. The number of hydrogen-bond acceptors (Lipinski definition) is 5. The van der Waals surface area contributed by atoms with Crippen LogP contribution in [0.25, 0.3) is 0 Å². The zero-order valence-corrected chi connectivity index (χ0v) is 14.4. The van der Waals surface area contributed by atoms with Crippen LogP contribution in [0.2, 0.25) is 0 Å². The molecule has 0 atom stereocenters. The van der Waals surface area contributed by atoms with E-state index in [1.165, 1.54) is 0 Å². The maximum absolute atomic E-state index is 5.97. The molecule has 2 rings (SSSR count). The molecule has 0 saturated carbocycles. The normalized spacial score (nSPS) is 18.6. The average Bonchev–Trinajstić information content (AvgIpc) is 2.59. The summed E-state index contributed by atoms with van der Waals surface area (Å²) < 4.78 is 6.08. The second kappa shape index (κ2) is 6.77. The van der Waals surface area contributed by atoms with Crippen LogP contribution in [0.5, 0.6) is 5.88 Å². The van der Waals surface area contributed by atoms with E-state index in [0.717, 1.165) is 31.1 Å². The van der Waals surface area contributed by atoms with Gasteiger partial charge in [-0.3, -0.25) is 0 Å². The fourth-order valence-electron chi connectivity index (χ4n) is 2.23. The minimum atomic E-state index is 0.347. The van der Waals surface area contributed by atoms with Crippen molar-refractivity contribution in [3.05, 3.63) is 12.1 Å². The number of hydrogen-bond donors (Lipinski definition) is 1. The van der Waals surface area contributed by atoms with Crippen LogP contribution in [-0.2, 0) is 0 Å². The topological polar surface area (TPSA) is 51.4 Å². The molecule has 0 bridgehead atoms. The van der Waals surface area contributed by atoms with Gasteiger partial charge in [0.2, 0.25) is 5.88 Å². The molecule has 1 aromatic heterocycles. The van der Waals surface area contributed by atoms with Crippen LogP contribution in [0.4, 0.5) is 11.5 Å². The lowest BCUT2D eigenvalue weighted by Gasteiger charge is -2.24. The molecule has 0 radical (unpaired) electrons. The van der Waals surface area contributed by atoms with E-state index in [-0.39, 0.29) is 0 Å². The molecule has 1 aromatic rings. The number of pyridine rings is 1. The molecule has 5 heteroatoms. The SMILES string of the molecule is CC(C)COc1nc(N2CCSC(C)(C)CC2)ccc1N. The monoisotopic (exact) mass is 309 g/mol. The van der Waals surface area contributed by atoms with Gasteiger partial charge in [-0.05, 0) is 24.5 Å². The number of nitrogens with two attached hydrogens (primary N) is 1. The Labute approximate surface area is 132 Å². The molecular weight excluding hydrogens is 282 g/mol. The first kappa shape index (κ1) is 16.3. The van der Waals surface area contributed by atoms with E-state index >= 15 is 0 Å². The number of thioether (sulfide) groups is 1. The Bertz CT molecular complexity index is 477. The van der Waals surface area contributed by atoms with Gasteiger partial charge >= 0.3 is 0 Å². The van der Waals surface area contributed by atoms with Gasteiger partial charge in [-0.1, -0.05) is 27.7 Å². The van der Waals surface area contributed by atoms with Crippen molar-refractivity contribution in [3.8, 4) is 5.88 Å². The number of rotatable bonds is 4. The third kappa shape index (κ3) is 4.70. The van der Waals surface area contributed by atoms with E-state index in [9.17, 15) is 0 Å². The van der Waals surface area contributed by atoms with Crippen LogP contribution < -0.4 is 15.4 Å². The number of aromatic nitrogens is 1. The summed E-state index contributed by atoms with van der Waals surface area (Å²) in [6.45, 7) is 11.6. The fourth-order valence-corrected chi connectivity index (χ4v) is 3.33. The lowest BCUT2D eigenvalue weighted by atomic mass is 10.1. The number of anilines is 2. The Morgan fingerprint density at radius 1 is 1.38 bits per heavy atom. The Morgan fingerprint density at radius 2 is 2.14 bits per heavy atom. The van der Waals surface area contributed by atoms with Gasteiger partial charge in [-0.15, -0.1) is 0 Å². The molecule has 0 spiro atoms. The molecular formula is C16H27N3OS. The van der Waals surface area contributed by atoms with E-state index in [4.69, 9.17) is 10.5 Å². The summed E-state index contributed by atoms with van der Waals surface area (Å²) in [6, 6.07) is 3.90. The molecule has 21 heavy (non-hydrogen) atoms. The van der Waals surface area contributed by atoms with E-state index in [2.05, 4.69) is 37.6 Å². The highest BCUT2D eigenvalue weighted by Gasteiger charge is 2.24. The summed E-state index contributed by atoms with van der Waals surface area (Å²) in [5, 5.41) is 0. The molecule has 1 aliphatic rings. The molecule has 0 amide bonds. The van der Waals surface area contributed by atoms with Crippen molar-refractivity contribution >= 4 is 23.3 Å². The van der Waals surface area contributed by atoms with Crippen LogP contribution in [0.1, 0.15) is 34.1 Å². The Kier molecular flexibility index (Phi) is 5.25. The standard InChI is InChI=1S/C16H27N3OS/c1-12(2)11-20-15-13(17)5-6-14(18-15)19-8-7-16(3,4)21-10-9-19/h5-6,12H,7-11,17H2,1-4H3. The quantitative estimate of drug-likeness (QED) is 0.923. The van der Waals surface area contributed by atoms with Crippen molar-refractivity contribution in [3.63, 3.8) is 0 Å². The predicted molar refractivity (Wildman–Crippen MR) is 92.3 cm³/mol. The highest BCUT2D eigenvalue weighted by molar-refractivity contribution is 8.00. The van der Waals surface area contributed by atoms with Crippen molar-refractivity contribution in [2.24, 2.45) is 5.92 Å². The Hall–Kier alpha value is -1.10. The van der Waals surface area contributed by atoms with Crippen molar-refractivity contribution in [1.82, 2.24) is 4.98 Å². The maximum atomic E-state index is 5.97. The molecule has 1 aliphatic heterocycles. The first-order valence-corrected chi connectivity index (χ1v) is 8.64. The van der Waals surface area contributed by atoms with Gasteiger partial charge in [0, 0.05) is 23.6 Å². The molecule has 4 nitrogen and oxygen atoms in total. The largest absolute Gasteiger partial charge is 0.476 e. The summed E-state index contributed by atoms with van der Waals surface area (Å²) in [7, 11) is 0. The number of ether oxygens (including phenoxy) is 1. The average molecular weight is 309 g/mol. The first-order chi connectivity index (χ1) is 9.87. The summed E-state index contributed by atoms with van der Waals surface area (Å²) in [5.74, 6) is 3.13. The van der Waals surface area contributed by atoms with Crippen molar-refractivity contribution in [1.29, 1.82) is 0 Å². The van der Waals surface area contributed by atoms with Crippen LogP contribution in [0, 0.1) is 5.92 Å². The van der Waals surface area contributed by atoms with Gasteiger partial charge in [0.15, 0.2) is 0 Å². The Morgan fingerprint density at radius 3 is 2.86 bits per heavy atom. The third-order valence-corrected chi connectivity index (χ3v) is 4.96. The summed E-state index contributed by atoms with van der Waals surface area (Å²) in [6.07, 6.45) is 1.16. The van der Waals surface area contributed by atoms with Crippen LogP contribution >= 0.6 is 11.8 Å². The fraction of sp³-hybridized carbons (Fsp3) is 0.688. The van der Waals surface area contributed by atoms with Gasteiger partial charge in [-0.25, -0.2) is 0 Å². The van der Waals surface area contributed by atoms with Crippen LogP contribution in [0.3, 0.4) is 0 Å². The number of nitrogen functional groups attached to an aromatic ring is 1. The molecule has 0 unspecified atom stereocenters. The molecule has 1 fully saturated rings.